The van der Waals surface area contributed by atoms with Gasteiger partial charge in [-0.3, -0.25) is 4.90 Å². The summed E-state index contributed by atoms with van der Waals surface area (Å²) in [5, 5.41) is 3.00. The van der Waals surface area contributed by atoms with E-state index in [0.717, 1.165) is 12.8 Å². The SMILES string of the molecule is CNC(C)C(C)N(CC(F)(F)F)C1CC1. The van der Waals surface area contributed by atoms with Crippen molar-refractivity contribution >= 4 is 0 Å². The predicted octanol–water partition coefficient (Wildman–Crippen LogP) is 2.01. The van der Waals surface area contributed by atoms with Gasteiger partial charge in [0.15, 0.2) is 0 Å². The third kappa shape index (κ3) is 3.99. The van der Waals surface area contributed by atoms with Gasteiger partial charge in [0.05, 0.1) is 6.54 Å². The second-order valence-corrected chi connectivity index (χ2v) is 4.34. The van der Waals surface area contributed by atoms with Crippen LogP contribution in [0.4, 0.5) is 13.2 Å². The topological polar surface area (TPSA) is 15.3 Å². The molecule has 2 nitrogen and oxygen atoms in total. The normalized spacial score (nSPS) is 21.8. The first kappa shape index (κ1) is 12.8. The molecule has 5 heteroatoms. The molecule has 0 aromatic heterocycles. The minimum Gasteiger partial charge on any atom is -0.316 e. The number of alkyl halides is 3. The van der Waals surface area contributed by atoms with Gasteiger partial charge in [0.25, 0.3) is 0 Å². The average molecular weight is 224 g/mol. The lowest BCUT2D eigenvalue weighted by atomic mass is 10.1. The van der Waals surface area contributed by atoms with Crippen LogP contribution >= 0.6 is 0 Å². The third-order valence-electron chi connectivity index (χ3n) is 3.08. The summed E-state index contributed by atoms with van der Waals surface area (Å²) in [5.74, 6) is 0. The molecule has 2 atom stereocenters. The number of nitrogens with zero attached hydrogens (tertiary/aromatic N) is 1. The lowest BCUT2D eigenvalue weighted by Crippen LogP contribution is -2.50. The molecule has 2 unspecified atom stereocenters. The van der Waals surface area contributed by atoms with Crippen LogP contribution in [0.2, 0.25) is 0 Å². The molecule has 1 N–H and O–H groups in total. The van der Waals surface area contributed by atoms with Gasteiger partial charge < -0.3 is 5.32 Å². The number of rotatable bonds is 5. The molecule has 0 spiro atoms. The van der Waals surface area contributed by atoms with Crippen LogP contribution in [0.3, 0.4) is 0 Å². The summed E-state index contributed by atoms with van der Waals surface area (Å²) < 4.78 is 37.1. The van der Waals surface area contributed by atoms with Crippen molar-refractivity contribution in [2.75, 3.05) is 13.6 Å². The van der Waals surface area contributed by atoms with Crippen molar-refractivity contribution in [2.45, 2.75) is 51.0 Å². The van der Waals surface area contributed by atoms with Crippen molar-refractivity contribution < 1.29 is 13.2 Å². The molecule has 0 amide bonds. The second kappa shape index (κ2) is 4.70. The number of halogens is 3. The van der Waals surface area contributed by atoms with Gasteiger partial charge in [0.1, 0.15) is 0 Å². The summed E-state index contributed by atoms with van der Waals surface area (Å²) in [7, 11) is 1.78. The molecule has 0 aromatic carbocycles. The second-order valence-electron chi connectivity index (χ2n) is 4.34. The lowest BCUT2D eigenvalue weighted by Gasteiger charge is -2.33. The predicted molar refractivity (Wildman–Crippen MR) is 53.8 cm³/mol. The fourth-order valence-electron chi connectivity index (χ4n) is 1.75. The molecule has 1 fully saturated rings. The maximum atomic E-state index is 12.4. The molecule has 1 aliphatic carbocycles. The highest BCUT2D eigenvalue weighted by Gasteiger charge is 2.41. The largest absolute Gasteiger partial charge is 0.401 e. The zero-order chi connectivity index (χ0) is 11.6. The van der Waals surface area contributed by atoms with Crippen molar-refractivity contribution in [3.8, 4) is 0 Å². The molecule has 0 heterocycles. The van der Waals surface area contributed by atoms with Gasteiger partial charge in [-0.15, -0.1) is 0 Å². The Kier molecular flexibility index (Phi) is 4.00. The zero-order valence-corrected chi connectivity index (χ0v) is 9.43. The van der Waals surface area contributed by atoms with E-state index in [1.165, 1.54) is 0 Å². The minimum atomic E-state index is -4.09. The molecule has 0 radical (unpaired) electrons. The molecule has 1 rings (SSSR count). The van der Waals surface area contributed by atoms with Crippen LogP contribution in [0.1, 0.15) is 26.7 Å². The van der Waals surface area contributed by atoms with E-state index >= 15 is 0 Å². The summed E-state index contributed by atoms with van der Waals surface area (Å²) in [6.45, 7) is 2.98. The highest BCUT2D eigenvalue weighted by atomic mass is 19.4. The van der Waals surface area contributed by atoms with Crippen LogP contribution < -0.4 is 5.32 Å². The molecule has 0 aromatic rings. The van der Waals surface area contributed by atoms with Gasteiger partial charge in [0.2, 0.25) is 0 Å². The fourth-order valence-corrected chi connectivity index (χ4v) is 1.75. The summed E-state index contributed by atoms with van der Waals surface area (Å²) in [4.78, 5) is 1.57. The molecule has 1 aliphatic rings. The van der Waals surface area contributed by atoms with E-state index in [9.17, 15) is 13.2 Å². The molecule has 0 saturated heterocycles. The summed E-state index contributed by atoms with van der Waals surface area (Å²) in [5.41, 5.74) is 0. The van der Waals surface area contributed by atoms with Crippen LogP contribution in [-0.4, -0.2) is 42.8 Å². The maximum absolute atomic E-state index is 12.4. The van der Waals surface area contributed by atoms with Crippen LogP contribution in [-0.2, 0) is 0 Å². The Morgan fingerprint density at radius 2 is 1.87 bits per heavy atom. The Hall–Kier alpha value is -0.290. The van der Waals surface area contributed by atoms with Crippen molar-refractivity contribution in [1.29, 1.82) is 0 Å². The van der Waals surface area contributed by atoms with E-state index in [4.69, 9.17) is 0 Å². The number of likely N-dealkylation sites (N-methyl/N-ethyl adjacent to an activating group) is 1. The van der Waals surface area contributed by atoms with Gasteiger partial charge in [-0.25, -0.2) is 0 Å². The van der Waals surface area contributed by atoms with Crippen LogP contribution in [0.5, 0.6) is 0 Å². The van der Waals surface area contributed by atoms with Gasteiger partial charge >= 0.3 is 6.18 Å². The molecule has 0 bridgehead atoms. The summed E-state index contributed by atoms with van der Waals surface area (Å²) in [6.07, 6.45) is -2.29. The van der Waals surface area contributed by atoms with Gasteiger partial charge in [-0.1, -0.05) is 0 Å². The van der Waals surface area contributed by atoms with Crippen molar-refractivity contribution in [1.82, 2.24) is 10.2 Å². The standard InChI is InChI=1S/C10H19F3N2/c1-7(14-3)8(2)15(9-4-5-9)6-10(11,12)13/h7-9,14H,4-6H2,1-3H3. The molecule has 0 aliphatic heterocycles. The molecule has 1 saturated carbocycles. The Morgan fingerprint density at radius 1 is 1.33 bits per heavy atom. The van der Waals surface area contributed by atoms with E-state index in [-0.39, 0.29) is 18.1 Å². The van der Waals surface area contributed by atoms with E-state index in [0.29, 0.717) is 0 Å². The van der Waals surface area contributed by atoms with Crippen molar-refractivity contribution in [3.63, 3.8) is 0 Å². The van der Waals surface area contributed by atoms with Crippen LogP contribution in [0.15, 0.2) is 0 Å². The Labute approximate surface area is 88.8 Å². The minimum absolute atomic E-state index is 0.0768. The quantitative estimate of drug-likeness (QED) is 0.768. The van der Waals surface area contributed by atoms with E-state index in [1.54, 1.807) is 11.9 Å². The smallest absolute Gasteiger partial charge is 0.316 e. The Morgan fingerprint density at radius 3 is 2.20 bits per heavy atom. The number of hydrogen-bond acceptors (Lipinski definition) is 2. The number of nitrogens with one attached hydrogen (secondary N) is 1. The fraction of sp³-hybridized carbons (Fsp3) is 1.00. The Bertz CT molecular complexity index is 201. The lowest BCUT2D eigenvalue weighted by molar-refractivity contribution is -0.152. The van der Waals surface area contributed by atoms with Crippen molar-refractivity contribution in [2.24, 2.45) is 0 Å². The molecule has 15 heavy (non-hydrogen) atoms. The molecular weight excluding hydrogens is 205 g/mol. The summed E-state index contributed by atoms with van der Waals surface area (Å²) >= 11 is 0. The first-order valence-corrected chi connectivity index (χ1v) is 5.35. The average Bonchev–Trinajstić information content (AvgIpc) is 2.93. The molecular formula is C10H19F3N2. The van der Waals surface area contributed by atoms with Crippen LogP contribution in [0, 0.1) is 0 Å². The van der Waals surface area contributed by atoms with Crippen LogP contribution in [0.25, 0.3) is 0 Å². The first-order chi connectivity index (χ1) is 6.85. The van der Waals surface area contributed by atoms with E-state index < -0.39 is 12.7 Å². The van der Waals surface area contributed by atoms with E-state index in [2.05, 4.69) is 5.32 Å². The van der Waals surface area contributed by atoms with Gasteiger partial charge in [-0.2, -0.15) is 13.2 Å². The van der Waals surface area contributed by atoms with E-state index in [1.807, 2.05) is 13.8 Å². The highest BCUT2D eigenvalue weighted by Crippen LogP contribution is 2.32. The first-order valence-electron chi connectivity index (χ1n) is 5.35. The Balaban J connectivity index is 2.57. The van der Waals surface area contributed by atoms with Gasteiger partial charge in [0, 0.05) is 18.1 Å². The van der Waals surface area contributed by atoms with Crippen molar-refractivity contribution in [3.05, 3.63) is 0 Å². The number of hydrogen-bond donors (Lipinski definition) is 1. The third-order valence-corrected chi connectivity index (χ3v) is 3.08. The zero-order valence-electron chi connectivity index (χ0n) is 9.43. The van der Waals surface area contributed by atoms with Gasteiger partial charge in [-0.05, 0) is 33.7 Å². The maximum Gasteiger partial charge on any atom is 0.401 e. The molecule has 90 valence electrons. The highest BCUT2D eigenvalue weighted by molar-refractivity contribution is 4.91. The monoisotopic (exact) mass is 224 g/mol. The summed E-state index contributed by atoms with van der Waals surface area (Å²) in [6, 6.07) is 0.134.